The third-order valence-corrected chi connectivity index (χ3v) is 3.61. The molecule has 5 heteroatoms. The summed E-state index contributed by atoms with van der Waals surface area (Å²) in [5.74, 6) is -0.511. The Morgan fingerprint density at radius 3 is 2.42 bits per heavy atom. The lowest BCUT2D eigenvalue weighted by atomic mass is 10.1. The first-order valence-electron chi connectivity index (χ1n) is 5.86. The van der Waals surface area contributed by atoms with Crippen LogP contribution in [0.15, 0.2) is 36.5 Å². The molecule has 2 aromatic rings. The minimum atomic E-state index is -1.04. The number of aromatic carboxylic acids is 1. The van der Waals surface area contributed by atoms with Gasteiger partial charge < -0.3 is 10.0 Å². The molecule has 0 aliphatic carbocycles. The summed E-state index contributed by atoms with van der Waals surface area (Å²) in [5.41, 5.74) is 2.53. The summed E-state index contributed by atoms with van der Waals surface area (Å²) in [6.07, 6.45) is 1.48. The van der Waals surface area contributed by atoms with Crippen molar-refractivity contribution in [1.82, 2.24) is 4.98 Å². The molecular weight excluding hydrogens is 264 g/mol. The molecule has 0 spiro atoms. The Balaban J connectivity index is 1.98. The molecule has 4 nitrogen and oxygen atoms in total. The Labute approximate surface area is 115 Å². The van der Waals surface area contributed by atoms with Crippen molar-refractivity contribution in [3.05, 3.63) is 58.2 Å². The normalized spacial score (nSPS) is 13.4. The molecule has 1 N–H and O–H groups in total. The number of nitrogens with zero attached hydrogens (tertiary/aromatic N) is 2. The first-order valence-corrected chi connectivity index (χ1v) is 6.24. The monoisotopic (exact) mass is 274 g/mol. The fourth-order valence-corrected chi connectivity index (χ4v) is 2.61. The second-order valence-electron chi connectivity index (χ2n) is 4.43. The van der Waals surface area contributed by atoms with Crippen LogP contribution in [0, 0.1) is 0 Å². The highest BCUT2D eigenvalue weighted by molar-refractivity contribution is 6.35. The molecule has 19 heavy (non-hydrogen) atoms. The van der Waals surface area contributed by atoms with E-state index in [4.69, 9.17) is 16.7 Å². The Morgan fingerprint density at radius 2 is 1.84 bits per heavy atom. The molecule has 1 aromatic carbocycles. The zero-order valence-corrected chi connectivity index (χ0v) is 10.8. The Hall–Kier alpha value is -2.07. The molecule has 1 aromatic heterocycles. The van der Waals surface area contributed by atoms with E-state index in [1.54, 1.807) is 0 Å². The third kappa shape index (κ3) is 2.04. The maximum atomic E-state index is 11.1. The van der Waals surface area contributed by atoms with Crippen molar-refractivity contribution >= 4 is 23.4 Å². The smallest absolute Gasteiger partial charge is 0.337 e. The number of fused-ring (bicyclic) bond motifs is 1. The molecule has 0 radical (unpaired) electrons. The Morgan fingerprint density at radius 1 is 1.21 bits per heavy atom. The number of halogens is 1. The summed E-state index contributed by atoms with van der Waals surface area (Å²) in [6, 6.07) is 9.52. The van der Waals surface area contributed by atoms with Crippen LogP contribution in [-0.4, -0.2) is 16.1 Å². The largest absolute Gasteiger partial charge is 0.478 e. The lowest BCUT2D eigenvalue weighted by Crippen LogP contribution is -2.17. The molecule has 0 unspecified atom stereocenters. The molecule has 0 fully saturated rings. The van der Waals surface area contributed by atoms with E-state index in [1.165, 1.54) is 23.4 Å². The highest BCUT2D eigenvalue weighted by Gasteiger charge is 2.23. The fraction of sp³-hybridized carbons (Fsp3) is 0.143. The number of carbonyl (C=O) groups is 1. The summed E-state index contributed by atoms with van der Waals surface area (Å²) < 4.78 is 0. The highest BCUT2D eigenvalue weighted by Crippen LogP contribution is 2.33. The van der Waals surface area contributed by atoms with Crippen molar-refractivity contribution in [3.63, 3.8) is 0 Å². The van der Waals surface area contributed by atoms with E-state index in [2.05, 4.69) is 17.1 Å². The van der Waals surface area contributed by atoms with Gasteiger partial charge in [0.15, 0.2) is 0 Å². The van der Waals surface area contributed by atoms with Crippen LogP contribution in [0.25, 0.3) is 0 Å². The second kappa shape index (κ2) is 4.55. The van der Waals surface area contributed by atoms with Gasteiger partial charge in [0.05, 0.1) is 10.6 Å². The molecule has 0 atom stereocenters. The van der Waals surface area contributed by atoms with Gasteiger partial charge in [-0.15, -0.1) is 0 Å². The van der Waals surface area contributed by atoms with E-state index >= 15 is 0 Å². The van der Waals surface area contributed by atoms with Crippen LogP contribution >= 0.6 is 11.6 Å². The van der Waals surface area contributed by atoms with Gasteiger partial charge in [-0.05, 0) is 17.2 Å². The Bertz CT molecular complexity index is 633. The lowest BCUT2D eigenvalue weighted by molar-refractivity contribution is 0.0697. The van der Waals surface area contributed by atoms with Gasteiger partial charge in [0.2, 0.25) is 0 Å². The number of rotatable bonds is 2. The van der Waals surface area contributed by atoms with E-state index in [9.17, 15) is 4.79 Å². The van der Waals surface area contributed by atoms with Crippen molar-refractivity contribution in [2.45, 2.75) is 13.1 Å². The summed E-state index contributed by atoms with van der Waals surface area (Å²) in [7, 11) is 0. The topological polar surface area (TPSA) is 53.4 Å². The minimum absolute atomic E-state index is 0.0858. The van der Waals surface area contributed by atoms with E-state index in [0.29, 0.717) is 18.9 Å². The quantitative estimate of drug-likeness (QED) is 0.915. The zero-order chi connectivity index (χ0) is 13.4. The van der Waals surface area contributed by atoms with Crippen molar-refractivity contribution in [2.75, 3.05) is 4.90 Å². The number of hydrogen-bond acceptors (Lipinski definition) is 3. The van der Waals surface area contributed by atoms with Crippen LogP contribution in [0.4, 0.5) is 5.82 Å². The summed E-state index contributed by atoms with van der Waals surface area (Å²) in [5, 5.41) is 9.27. The standard InChI is InChI=1S/C14H11ClN2O2/c15-12-11(14(18)19)5-6-16-13(12)17-7-9-3-1-2-4-10(9)8-17/h1-6H,7-8H2,(H,18,19). The molecule has 0 saturated carbocycles. The summed E-state index contributed by atoms with van der Waals surface area (Å²) >= 11 is 6.14. The number of aromatic nitrogens is 1. The average molecular weight is 275 g/mol. The predicted octanol–water partition coefficient (Wildman–Crippen LogP) is 2.95. The fourth-order valence-electron chi connectivity index (χ4n) is 2.30. The number of benzene rings is 1. The zero-order valence-electron chi connectivity index (χ0n) is 10.0. The lowest BCUT2D eigenvalue weighted by Gasteiger charge is -2.18. The number of anilines is 1. The summed E-state index contributed by atoms with van der Waals surface area (Å²) in [6.45, 7) is 1.40. The van der Waals surface area contributed by atoms with E-state index < -0.39 is 5.97 Å². The maximum Gasteiger partial charge on any atom is 0.337 e. The van der Waals surface area contributed by atoms with E-state index in [1.807, 2.05) is 17.0 Å². The van der Waals surface area contributed by atoms with Gasteiger partial charge in [0, 0.05) is 19.3 Å². The first kappa shape index (κ1) is 12.0. The molecule has 1 aliphatic rings. The number of carboxylic acids is 1. The molecule has 0 saturated heterocycles. The van der Waals surface area contributed by atoms with Gasteiger partial charge in [-0.1, -0.05) is 35.9 Å². The van der Waals surface area contributed by atoms with Gasteiger partial charge in [0.1, 0.15) is 5.82 Å². The molecule has 0 amide bonds. The van der Waals surface area contributed by atoms with E-state index in [-0.39, 0.29) is 10.6 Å². The van der Waals surface area contributed by atoms with Crippen LogP contribution in [0.1, 0.15) is 21.5 Å². The van der Waals surface area contributed by atoms with Gasteiger partial charge >= 0.3 is 5.97 Å². The maximum absolute atomic E-state index is 11.1. The minimum Gasteiger partial charge on any atom is -0.478 e. The van der Waals surface area contributed by atoms with Crippen molar-refractivity contribution in [1.29, 1.82) is 0 Å². The van der Waals surface area contributed by atoms with Crippen LogP contribution in [0.2, 0.25) is 5.02 Å². The molecule has 1 aliphatic heterocycles. The van der Waals surface area contributed by atoms with Crippen molar-refractivity contribution in [2.24, 2.45) is 0 Å². The van der Waals surface area contributed by atoms with Gasteiger partial charge in [-0.25, -0.2) is 9.78 Å². The third-order valence-electron chi connectivity index (χ3n) is 3.24. The van der Waals surface area contributed by atoms with Gasteiger partial charge in [0.25, 0.3) is 0 Å². The Kier molecular flexibility index (Phi) is 2.87. The molecule has 2 heterocycles. The number of hydrogen-bond donors (Lipinski definition) is 1. The van der Waals surface area contributed by atoms with Crippen LogP contribution in [0.3, 0.4) is 0 Å². The highest BCUT2D eigenvalue weighted by atomic mass is 35.5. The first-order chi connectivity index (χ1) is 9.16. The second-order valence-corrected chi connectivity index (χ2v) is 4.80. The van der Waals surface area contributed by atoms with Crippen LogP contribution < -0.4 is 4.90 Å². The van der Waals surface area contributed by atoms with Crippen LogP contribution in [0.5, 0.6) is 0 Å². The van der Waals surface area contributed by atoms with Crippen molar-refractivity contribution in [3.8, 4) is 0 Å². The van der Waals surface area contributed by atoms with E-state index in [0.717, 1.165) is 0 Å². The average Bonchev–Trinajstić information content (AvgIpc) is 2.82. The predicted molar refractivity (Wildman–Crippen MR) is 72.5 cm³/mol. The van der Waals surface area contributed by atoms with Crippen molar-refractivity contribution < 1.29 is 9.90 Å². The molecule has 96 valence electrons. The molecule has 3 rings (SSSR count). The van der Waals surface area contributed by atoms with Crippen LogP contribution in [-0.2, 0) is 13.1 Å². The number of pyridine rings is 1. The molecule has 0 bridgehead atoms. The molecular formula is C14H11ClN2O2. The van der Waals surface area contributed by atoms with Gasteiger partial charge in [-0.3, -0.25) is 0 Å². The summed E-state index contributed by atoms with van der Waals surface area (Å²) in [4.78, 5) is 17.3. The SMILES string of the molecule is O=C(O)c1ccnc(N2Cc3ccccc3C2)c1Cl. The number of carboxylic acid groups (broad SMARTS) is 1. The van der Waals surface area contributed by atoms with Gasteiger partial charge in [-0.2, -0.15) is 0 Å².